The number of halogens is 3. The van der Waals surface area contributed by atoms with Crippen LogP contribution in [0.1, 0.15) is 0 Å². The number of anilines is 1. The van der Waals surface area contributed by atoms with E-state index in [4.69, 9.17) is 23.2 Å². The van der Waals surface area contributed by atoms with Gasteiger partial charge in [-0.25, -0.2) is 0 Å². The average molecular weight is 291 g/mol. The van der Waals surface area contributed by atoms with Crippen LogP contribution in [0, 0.1) is 5.92 Å². The van der Waals surface area contributed by atoms with Crippen LogP contribution in [-0.4, -0.2) is 37.1 Å². The molecule has 1 fully saturated rings. The minimum Gasteiger partial charge on any atom is -0.325 e. The maximum atomic E-state index is 12.2. The van der Waals surface area contributed by atoms with Gasteiger partial charge in [-0.3, -0.25) is 14.1 Å². The lowest BCUT2D eigenvalue weighted by Gasteiger charge is -2.37. The normalized spacial score (nSPS) is 16.4. The number of nitrogens with zero attached hydrogens (tertiary/aromatic N) is 1. The fourth-order valence-electron chi connectivity index (χ4n) is 1.93. The lowest BCUT2D eigenvalue weighted by atomic mass is 10.0. The Balaban J connectivity index is 1.84. The summed E-state index contributed by atoms with van der Waals surface area (Å²) < 4.78 is 12.2. The number of benzene rings is 1. The molecule has 2 rings (SSSR count). The summed E-state index contributed by atoms with van der Waals surface area (Å²) in [5.74, 6) is -0.0657. The molecule has 0 radical (unpaired) electrons. The van der Waals surface area contributed by atoms with Gasteiger partial charge in [-0.1, -0.05) is 23.2 Å². The fraction of sp³-hybridized carbons (Fsp3) is 0.417. The van der Waals surface area contributed by atoms with Crippen molar-refractivity contribution in [3.63, 3.8) is 0 Å². The van der Waals surface area contributed by atoms with E-state index in [-0.39, 0.29) is 25.0 Å². The average Bonchev–Trinajstić information content (AvgIpc) is 2.21. The summed E-state index contributed by atoms with van der Waals surface area (Å²) in [4.78, 5) is 13.6. The Kier molecular flexibility index (Phi) is 4.43. The van der Waals surface area contributed by atoms with Crippen molar-refractivity contribution in [1.82, 2.24) is 4.90 Å². The molecule has 0 unspecified atom stereocenters. The maximum absolute atomic E-state index is 12.2. The number of alkyl halides is 1. The Morgan fingerprint density at radius 1 is 1.33 bits per heavy atom. The molecule has 1 N–H and O–H groups in total. The van der Waals surface area contributed by atoms with Crippen molar-refractivity contribution in [3.8, 4) is 0 Å². The molecular weight excluding hydrogens is 278 g/mol. The lowest BCUT2D eigenvalue weighted by molar-refractivity contribution is -0.119. The van der Waals surface area contributed by atoms with E-state index in [1.807, 2.05) is 4.90 Å². The molecule has 0 saturated carbocycles. The van der Waals surface area contributed by atoms with Crippen molar-refractivity contribution < 1.29 is 9.18 Å². The maximum Gasteiger partial charge on any atom is 0.238 e. The van der Waals surface area contributed by atoms with Crippen LogP contribution in [-0.2, 0) is 4.79 Å². The highest BCUT2D eigenvalue weighted by molar-refractivity contribution is 6.35. The van der Waals surface area contributed by atoms with Crippen LogP contribution in [0.2, 0.25) is 10.0 Å². The molecule has 1 aromatic carbocycles. The van der Waals surface area contributed by atoms with Gasteiger partial charge in [-0.05, 0) is 18.2 Å². The first kappa shape index (κ1) is 13.6. The molecule has 18 heavy (non-hydrogen) atoms. The fourth-order valence-corrected chi connectivity index (χ4v) is 2.46. The summed E-state index contributed by atoms with van der Waals surface area (Å²) in [6, 6.07) is 4.86. The zero-order valence-electron chi connectivity index (χ0n) is 9.63. The Bertz CT molecular complexity index is 429. The van der Waals surface area contributed by atoms with Crippen LogP contribution < -0.4 is 5.32 Å². The summed E-state index contributed by atoms with van der Waals surface area (Å²) in [6.45, 7) is 1.23. The van der Waals surface area contributed by atoms with Gasteiger partial charge in [-0.2, -0.15) is 0 Å². The Labute approximate surface area is 115 Å². The molecule has 1 aromatic rings. The quantitative estimate of drug-likeness (QED) is 0.925. The highest BCUT2D eigenvalue weighted by Crippen LogP contribution is 2.22. The molecule has 0 aliphatic carbocycles. The van der Waals surface area contributed by atoms with Crippen LogP contribution in [0.4, 0.5) is 10.1 Å². The van der Waals surface area contributed by atoms with Gasteiger partial charge < -0.3 is 5.32 Å². The molecule has 1 aliphatic heterocycles. The van der Waals surface area contributed by atoms with Crippen LogP contribution in [0.15, 0.2) is 18.2 Å². The molecule has 0 atom stereocenters. The van der Waals surface area contributed by atoms with Gasteiger partial charge in [0.15, 0.2) is 0 Å². The summed E-state index contributed by atoms with van der Waals surface area (Å²) >= 11 is 11.7. The van der Waals surface area contributed by atoms with E-state index in [1.54, 1.807) is 18.2 Å². The van der Waals surface area contributed by atoms with Gasteiger partial charge in [0.05, 0.1) is 13.2 Å². The molecule has 98 valence electrons. The second kappa shape index (κ2) is 5.87. The molecule has 1 saturated heterocycles. The van der Waals surface area contributed by atoms with E-state index in [0.29, 0.717) is 28.8 Å². The standard InChI is InChI=1S/C12H13Cl2FN2O/c13-9-1-10(14)3-11(2-9)16-12(18)7-17-5-8(4-15)6-17/h1-3,8H,4-7H2,(H,16,18). The van der Waals surface area contributed by atoms with Gasteiger partial charge in [0.1, 0.15) is 0 Å². The molecule has 0 aromatic heterocycles. The predicted octanol–water partition coefficient (Wildman–Crippen LogP) is 2.83. The van der Waals surface area contributed by atoms with E-state index in [9.17, 15) is 9.18 Å². The minimum atomic E-state index is -0.317. The topological polar surface area (TPSA) is 32.3 Å². The van der Waals surface area contributed by atoms with E-state index in [1.165, 1.54) is 0 Å². The zero-order chi connectivity index (χ0) is 13.1. The molecule has 1 amide bonds. The highest BCUT2D eigenvalue weighted by atomic mass is 35.5. The predicted molar refractivity (Wildman–Crippen MR) is 71.0 cm³/mol. The smallest absolute Gasteiger partial charge is 0.238 e. The lowest BCUT2D eigenvalue weighted by Crippen LogP contribution is -2.50. The first-order valence-electron chi connectivity index (χ1n) is 5.61. The largest absolute Gasteiger partial charge is 0.325 e. The molecule has 6 heteroatoms. The second-order valence-electron chi connectivity index (χ2n) is 4.42. The molecule has 1 heterocycles. The van der Waals surface area contributed by atoms with Gasteiger partial charge in [0.2, 0.25) is 5.91 Å². The molecule has 0 spiro atoms. The van der Waals surface area contributed by atoms with Crippen molar-refractivity contribution in [2.75, 3.05) is 31.6 Å². The van der Waals surface area contributed by atoms with Gasteiger partial charge >= 0.3 is 0 Å². The number of rotatable bonds is 4. The summed E-state index contributed by atoms with van der Waals surface area (Å²) in [5.41, 5.74) is 0.570. The third-order valence-corrected chi connectivity index (χ3v) is 3.20. The molecule has 1 aliphatic rings. The van der Waals surface area contributed by atoms with Crippen molar-refractivity contribution in [2.45, 2.75) is 0 Å². The minimum absolute atomic E-state index is 0.0819. The third kappa shape index (κ3) is 3.57. The van der Waals surface area contributed by atoms with Crippen molar-refractivity contribution >= 4 is 34.8 Å². The monoisotopic (exact) mass is 290 g/mol. The number of amides is 1. The SMILES string of the molecule is O=C(CN1CC(CF)C1)Nc1cc(Cl)cc(Cl)c1. The first-order chi connectivity index (χ1) is 8.56. The van der Waals surface area contributed by atoms with Crippen molar-refractivity contribution in [3.05, 3.63) is 28.2 Å². The number of likely N-dealkylation sites (tertiary alicyclic amines) is 1. The second-order valence-corrected chi connectivity index (χ2v) is 5.29. The van der Waals surface area contributed by atoms with E-state index >= 15 is 0 Å². The Morgan fingerprint density at radius 3 is 2.50 bits per heavy atom. The Hall–Kier alpha value is -0.840. The van der Waals surface area contributed by atoms with Gasteiger partial charge in [0, 0.05) is 34.7 Å². The summed E-state index contributed by atoms with van der Waals surface area (Å²) in [7, 11) is 0. The number of nitrogens with one attached hydrogen (secondary N) is 1. The summed E-state index contributed by atoms with van der Waals surface area (Å²) in [6.07, 6.45) is 0. The summed E-state index contributed by atoms with van der Waals surface area (Å²) in [5, 5.41) is 3.66. The molecule has 0 bridgehead atoms. The van der Waals surface area contributed by atoms with E-state index in [0.717, 1.165) is 0 Å². The van der Waals surface area contributed by atoms with Gasteiger partial charge in [0.25, 0.3) is 0 Å². The van der Waals surface area contributed by atoms with E-state index in [2.05, 4.69) is 5.32 Å². The van der Waals surface area contributed by atoms with Crippen LogP contribution in [0.5, 0.6) is 0 Å². The zero-order valence-corrected chi connectivity index (χ0v) is 11.1. The number of carbonyl (C=O) groups excluding carboxylic acids is 1. The van der Waals surface area contributed by atoms with Crippen LogP contribution in [0.3, 0.4) is 0 Å². The number of carbonyl (C=O) groups is 1. The number of hydrogen-bond donors (Lipinski definition) is 1. The first-order valence-corrected chi connectivity index (χ1v) is 6.36. The van der Waals surface area contributed by atoms with Gasteiger partial charge in [-0.15, -0.1) is 0 Å². The highest BCUT2D eigenvalue weighted by Gasteiger charge is 2.27. The molecule has 3 nitrogen and oxygen atoms in total. The molecular formula is C12H13Cl2FN2O. The van der Waals surface area contributed by atoms with Crippen LogP contribution >= 0.6 is 23.2 Å². The third-order valence-electron chi connectivity index (χ3n) is 2.76. The van der Waals surface area contributed by atoms with Crippen LogP contribution in [0.25, 0.3) is 0 Å². The van der Waals surface area contributed by atoms with E-state index < -0.39 is 0 Å². The Morgan fingerprint density at radius 2 is 1.94 bits per heavy atom. The van der Waals surface area contributed by atoms with Crippen molar-refractivity contribution in [2.24, 2.45) is 5.92 Å². The number of hydrogen-bond acceptors (Lipinski definition) is 2. The van der Waals surface area contributed by atoms with Crippen molar-refractivity contribution in [1.29, 1.82) is 0 Å².